The van der Waals surface area contributed by atoms with Crippen molar-refractivity contribution in [1.82, 2.24) is 4.90 Å². The molecule has 0 radical (unpaired) electrons. The van der Waals surface area contributed by atoms with Crippen molar-refractivity contribution in [1.29, 1.82) is 0 Å². The maximum atomic E-state index is 12.4. The fraction of sp³-hybridized carbons (Fsp3) is 0.444. The summed E-state index contributed by atoms with van der Waals surface area (Å²) in [6.45, 7) is 9.80. The number of rotatable bonds is 2. The number of aliphatic hydroxyl groups is 1. The second kappa shape index (κ2) is 5.59. The minimum atomic E-state index is -0.448. The maximum Gasteiger partial charge on any atom is 0.262 e. The topological polar surface area (TPSA) is 57.6 Å². The highest BCUT2D eigenvalue weighted by molar-refractivity contribution is 6.28. The van der Waals surface area contributed by atoms with Crippen molar-refractivity contribution in [3.63, 3.8) is 0 Å². The molecule has 1 heterocycles. The van der Waals surface area contributed by atoms with Crippen molar-refractivity contribution in [3.05, 3.63) is 41.0 Å². The van der Waals surface area contributed by atoms with Crippen LogP contribution in [0, 0.1) is 0 Å². The van der Waals surface area contributed by atoms with Crippen LogP contribution in [0.5, 0.6) is 0 Å². The number of likely N-dealkylation sites (tertiary alicyclic amines) is 1. The van der Waals surface area contributed by atoms with Crippen molar-refractivity contribution in [2.24, 2.45) is 0 Å². The number of hydrogen-bond donors (Lipinski definition) is 1. The molecule has 22 heavy (non-hydrogen) atoms. The molecular formula is C18H23NO3. The summed E-state index contributed by atoms with van der Waals surface area (Å²) in [6, 6.07) is 7.31. The average Bonchev–Trinajstić information content (AvgIpc) is 2.73. The van der Waals surface area contributed by atoms with Crippen LogP contribution in [0.2, 0.25) is 0 Å². The molecule has 0 saturated carbocycles. The molecule has 1 aromatic carbocycles. The summed E-state index contributed by atoms with van der Waals surface area (Å²) in [5, 5.41) is 10.4. The number of carbonyl (C=O) groups is 2. The van der Waals surface area contributed by atoms with Crippen LogP contribution in [-0.4, -0.2) is 33.8 Å². The van der Waals surface area contributed by atoms with E-state index < -0.39 is 11.4 Å². The Hall–Kier alpha value is -2.10. The Morgan fingerprint density at radius 1 is 1.14 bits per heavy atom. The number of nitrogens with zero attached hydrogens (tertiary/aromatic N) is 1. The van der Waals surface area contributed by atoms with Crippen LogP contribution in [0.25, 0.3) is 5.76 Å². The zero-order chi connectivity index (χ0) is 16.7. The monoisotopic (exact) mass is 301 g/mol. The van der Waals surface area contributed by atoms with Gasteiger partial charge in [0.25, 0.3) is 5.91 Å². The fourth-order valence-electron chi connectivity index (χ4n) is 2.49. The highest BCUT2D eigenvalue weighted by Crippen LogP contribution is 2.28. The van der Waals surface area contributed by atoms with E-state index in [4.69, 9.17) is 0 Å². The third-order valence-corrected chi connectivity index (χ3v) is 3.94. The Bertz CT molecular complexity index is 633. The zero-order valence-corrected chi connectivity index (χ0v) is 13.8. The second-order valence-corrected chi connectivity index (χ2v) is 6.99. The summed E-state index contributed by atoms with van der Waals surface area (Å²) in [5.74, 6) is -0.569. The van der Waals surface area contributed by atoms with Crippen LogP contribution in [0.3, 0.4) is 0 Å². The Balaban J connectivity index is 2.41. The van der Waals surface area contributed by atoms with Gasteiger partial charge in [-0.1, -0.05) is 38.1 Å². The quantitative estimate of drug-likeness (QED) is 0.518. The highest BCUT2D eigenvalue weighted by Gasteiger charge is 2.41. The lowest BCUT2D eigenvalue weighted by atomic mass is 9.99. The Kier molecular flexibility index (Phi) is 4.14. The van der Waals surface area contributed by atoms with Gasteiger partial charge in [-0.3, -0.25) is 9.59 Å². The van der Waals surface area contributed by atoms with E-state index in [1.165, 1.54) is 4.90 Å². The van der Waals surface area contributed by atoms with Crippen LogP contribution in [-0.2, 0) is 9.59 Å². The van der Waals surface area contributed by atoms with E-state index >= 15 is 0 Å². The molecule has 4 nitrogen and oxygen atoms in total. The summed E-state index contributed by atoms with van der Waals surface area (Å²) < 4.78 is 0. The van der Waals surface area contributed by atoms with E-state index in [1.807, 2.05) is 32.9 Å². The molecule has 0 unspecified atom stereocenters. The summed E-state index contributed by atoms with van der Waals surface area (Å²) in [5.41, 5.74) is 1.09. The lowest BCUT2D eigenvalue weighted by Crippen LogP contribution is -2.42. The van der Waals surface area contributed by atoms with E-state index in [0.717, 1.165) is 5.56 Å². The van der Waals surface area contributed by atoms with Crippen molar-refractivity contribution in [2.45, 2.75) is 46.1 Å². The van der Waals surface area contributed by atoms with Crippen LogP contribution in [0.4, 0.5) is 0 Å². The standard InChI is InChI=1S/C18H23NO3/c1-11(2)12-6-8-13(9-7-12)16(21)15-14(20)10-19(17(15)22)18(3,4)5/h6-9,11,21H,10H2,1-5H3/b16-15+. The molecule has 2 rings (SSSR count). The minimum absolute atomic E-state index is 0.0196. The molecule has 1 amide bonds. The van der Waals surface area contributed by atoms with Crippen molar-refractivity contribution in [2.75, 3.05) is 6.54 Å². The first kappa shape index (κ1) is 16.3. The van der Waals surface area contributed by atoms with Gasteiger partial charge in [-0.15, -0.1) is 0 Å². The van der Waals surface area contributed by atoms with E-state index in [1.54, 1.807) is 12.1 Å². The molecule has 4 heteroatoms. The van der Waals surface area contributed by atoms with Crippen LogP contribution >= 0.6 is 0 Å². The van der Waals surface area contributed by atoms with Gasteiger partial charge in [0.15, 0.2) is 5.78 Å². The number of aliphatic hydroxyl groups excluding tert-OH is 1. The zero-order valence-electron chi connectivity index (χ0n) is 13.8. The first-order chi connectivity index (χ1) is 10.1. The molecule has 118 valence electrons. The largest absolute Gasteiger partial charge is 0.506 e. The molecule has 1 aromatic rings. The van der Waals surface area contributed by atoms with Gasteiger partial charge in [0.05, 0.1) is 6.54 Å². The number of amides is 1. The van der Waals surface area contributed by atoms with Gasteiger partial charge in [0, 0.05) is 11.1 Å². The van der Waals surface area contributed by atoms with E-state index in [2.05, 4.69) is 13.8 Å². The van der Waals surface area contributed by atoms with Gasteiger partial charge < -0.3 is 10.0 Å². The van der Waals surface area contributed by atoms with Crippen LogP contribution in [0.1, 0.15) is 51.7 Å². The van der Waals surface area contributed by atoms with Gasteiger partial charge in [0.1, 0.15) is 11.3 Å². The summed E-state index contributed by atoms with van der Waals surface area (Å²) in [7, 11) is 0. The third-order valence-electron chi connectivity index (χ3n) is 3.94. The second-order valence-electron chi connectivity index (χ2n) is 6.99. The van der Waals surface area contributed by atoms with E-state index in [0.29, 0.717) is 11.5 Å². The SMILES string of the molecule is CC(C)c1ccc(/C(O)=C2/C(=O)CN(C(C)(C)C)C2=O)cc1. The van der Waals surface area contributed by atoms with Crippen molar-refractivity contribution < 1.29 is 14.7 Å². The molecule has 1 fully saturated rings. The number of Topliss-reactive ketones (excluding diaryl/α,β-unsaturated/α-hetero) is 1. The predicted octanol–water partition coefficient (Wildman–Crippen LogP) is 3.29. The van der Waals surface area contributed by atoms with E-state index in [-0.39, 0.29) is 23.7 Å². The molecule has 1 saturated heterocycles. The number of benzene rings is 1. The molecule has 0 atom stereocenters. The summed E-state index contributed by atoms with van der Waals surface area (Å²) in [4.78, 5) is 26.1. The lowest BCUT2D eigenvalue weighted by molar-refractivity contribution is -0.129. The molecule has 1 aliphatic rings. The smallest absolute Gasteiger partial charge is 0.262 e. The van der Waals surface area contributed by atoms with Crippen LogP contribution < -0.4 is 0 Å². The molecule has 0 aliphatic carbocycles. The Morgan fingerprint density at radius 3 is 2.09 bits per heavy atom. The first-order valence-electron chi connectivity index (χ1n) is 7.51. The molecule has 0 aromatic heterocycles. The van der Waals surface area contributed by atoms with Gasteiger partial charge in [0.2, 0.25) is 0 Å². The number of hydrogen-bond acceptors (Lipinski definition) is 3. The van der Waals surface area contributed by atoms with Gasteiger partial charge in [-0.05, 0) is 32.3 Å². The first-order valence-corrected chi connectivity index (χ1v) is 7.51. The molecular weight excluding hydrogens is 278 g/mol. The van der Waals surface area contributed by atoms with Gasteiger partial charge in [-0.25, -0.2) is 0 Å². The Morgan fingerprint density at radius 2 is 1.68 bits per heavy atom. The summed E-state index contributed by atoms with van der Waals surface area (Å²) >= 11 is 0. The van der Waals surface area contributed by atoms with Crippen molar-refractivity contribution >= 4 is 17.4 Å². The predicted molar refractivity (Wildman–Crippen MR) is 86.6 cm³/mol. The fourth-order valence-corrected chi connectivity index (χ4v) is 2.49. The number of carbonyl (C=O) groups excluding carboxylic acids is 2. The molecule has 0 spiro atoms. The Labute approximate surface area is 131 Å². The molecule has 0 bridgehead atoms. The van der Waals surface area contributed by atoms with Crippen LogP contribution in [0.15, 0.2) is 29.8 Å². The lowest BCUT2D eigenvalue weighted by Gasteiger charge is -2.30. The molecule has 1 aliphatic heterocycles. The number of ketones is 1. The van der Waals surface area contributed by atoms with Gasteiger partial charge in [-0.2, -0.15) is 0 Å². The maximum absolute atomic E-state index is 12.4. The normalized spacial score (nSPS) is 18.4. The van der Waals surface area contributed by atoms with E-state index in [9.17, 15) is 14.7 Å². The van der Waals surface area contributed by atoms with Gasteiger partial charge >= 0.3 is 0 Å². The van der Waals surface area contributed by atoms with Crippen molar-refractivity contribution in [3.8, 4) is 0 Å². The molecule has 1 N–H and O–H groups in total. The highest BCUT2D eigenvalue weighted by atomic mass is 16.3. The summed E-state index contributed by atoms with van der Waals surface area (Å²) in [6.07, 6.45) is 0. The average molecular weight is 301 g/mol. The minimum Gasteiger partial charge on any atom is -0.506 e. The third kappa shape index (κ3) is 2.91.